The Bertz CT molecular complexity index is 387. The summed E-state index contributed by atoms with van der Waals surface area (Å²) in [5.74, 6) is 0.407. The average Bonchev–Trinajstić information content (AvgIpc) is 2.22. The number of nitrogens with one attached hydrogen (secondary N) is 1. The molecule has 0 radical (unpaired) electrons. The van der Waals surface area contributed by atoms with Crippen LogP contribution in [0.1, 0.15) is 24.3 Å². The van der Waals surface area contributed by atoms with Gasteiger partial charge in [0.15, 0.2) is 6.61 Å². The summed E-state index contributed by atoms with van der Waals surface area (Å²) >= 11 is 3.36. The molecule has 100 valence electrons. The van der Waals surface area contributed by atoms with Gasteiger partial charge in [-0.3, -0.25) is 4.84 Å². The summed E-state index contributed by atoms with van der Waals surface area (Å²) in [6.07, 6.45) is -2.67. The number of benzene rings is 1. The summed E-state index contributed by atoms with van der Waals surface area (Å²) in [4.78, 5) is 4.42. The van der Waals surface area contributed by atoms with Crippen LogP contribution in [0.3, 0.4) is 0 Å². The second kappa shape index (κ2) is 5.59. The van der Waals surface area contributed by atoms with Crippen LogP contribution in [0, 0.1) is 0 Å². The molecule has 18 heavy (non-hydrogen) atoms. The summed E-state index contributed by atoms with van der Waals surface area (Å²) in [6.45, 7) is -1.24. The Morgan fingerprint density at radius 1 is 1.22 bits per heavy atom. The van der Waals surface area contributed by atoms with E-state index in [0.717, 1.165) is 17.3 Å². The highest BCUT2D eigenvalue weighted by Gasteiger charge is 2.32. The third-order valence-corrected chi connectivity index (χ3v) is 3.49. The SMILES string of the molecule is FC(F)(F)CONC1CC(c2ccc(Br)cc2)C1. The van der Waals surface area contributed by atoms with Crippen LogP contribution >= 0.6 is 15.9 Å². The Morgan fingerprint density at radius 3 is 2.39 bits per heavy atom. The highest BCUT2D eigenvalue weighted by Crippen LogP contribution is 2.37. The molecule has 0 saturated heterocycles. The van der Waals surface area contributed by atoms with E-state index >= 15 is 0 Å². The number of hydroxylamine groups is 1. The molecule has 0 aromatic heterocycles. The number of hydrogen-bond donors (Lipinski definition) is 1. The van der Waals surface area contributed by atoms with Crippen molar-refractivity contribution in [1.29, 1.82) is 0 Å². The first-order chi connectivity index (χ1) is 8.44. The van der Waals surface area contributed by atoms with Gasteiger partial charge in [0.25, 0.3) is 0 Å². The van der Waals surface area contributed by atoms with E-state index in [-0.39, 0.29) is 6.04 Å². The van der Waals surface area contributed by atoms with Crippen molar-refractivity contribution in [2.75, 3.05) is 6.61 Å². The van der Waals surface area contributed by atoms with Crippen molar-refractivity contribution in [2.45, 2.75) is 31.0 Å². The zero-order chi connectivity index (χ0) is 13.2. The van der Waals surface area contributed by atoms with Crippen molar-refractivity contribution in [3.05, 3.63) is 34.3 Å². The fraction of sp³-hybridized carbons (Fsp3) is 0.500. The molecule has 2 nitrogen and oxygen atoms in total. The van der Waals surface area contributed by atoms with Gasteiger partial charge in [-0.15, -0.1) is 0 Å². The molecule has 6 heteroatoms. The maximum atomic E-state index is 11.8. The quantitative estimate of drug-likeness (QED) is 0.851. The summed E-state index contributed by atoms with van der Waals surface area (Å²) in [5, 5.41) is 0. The molecule has 1 saturated carbocycles. The molecule has 0 aliphatic heterocycles. The largest absolute Gasteiger partial charge is 0.413 e. The first kappa shape index (κ1) is 13.8. The molecular formula is C12H13BrF3NO. The Labute approximate surface area is 112 Å². The summed E-state index contributed by atoms with van der Waals surface area (Å²) in [7, 11) is 0. The van der Waals surface area contributed by atoms with Gasteiger partial charge in [0.05, 0.1) is 0 Å². The van der Waals surface area contributed by atoms with Crippen molar-refractivity contribution in [3.63, 3.8) is 0 Å². The van der Waals surface area contributed by atoms with Crippen molar-refractivity contribution in [1.82, 2.24) is 5.48 Å². The maximum Gasteiger partial charge on any atom is 0.413 e. The average molecular weight is 324 g/mol. The minimum atomic E-state index is -4.28. The maximum absolute atomic E-state index is 11.8. The molecule has 1 aromatic carbocycles. The van der Waals surface area contributed by atoms with Crippen LogP contribution in [0.25, 0.3) is 0 Å². The molecule has 2 rings (SSSR count). The van der Waals surface area contributed by atoms with Gasteiger partial charge in [-0.05, 0) is 36.5 Å². The Kier molecular flexibility index (Phi) is 4.29. The second-order valence-electron chi connectivity index (χ2n) is 4.44. The van der Waals surface area contributed by atoms with Crippen LogP contribution in [0.5, 0.6) is 0 Å². The van der Waals surface area contributed by atoms with Gasteiger partial charge in [0.2, 0.25) is 0 Å². The van der Waals surface area contributed by atoms with E-state index in [9.17, 15) is 13.2 Å². The van der Waals surface area contributed by atoms with Crippen molar-refractivity contribution in [2.24, 2.45) is 0 Å². The lowest BCUT2D eigenvalue weighted by molar-refractivity contribution is -0.195. The van der Waals surface area contributed by atoms with Crippen molar-refractivity contribution < 1.29 is 18.0 Å². The zero-order valence-electron chi connectivity index (χ0n) is 9.51. The molecular weight excluding hydrogens is 311 g/mol. The van der Waals surface area contributed by atoms with E-state index in [1.165, 1.54) is 5.56 Å². The standard InChI is InChI=1S/C12H13BrF3NO/c13-10-3-1-8(2-4-10)9-5-11(6-9)17-18-7-12(14,15)16/h1-4,9,11,17H,5-7H2. The second-order valence-corrected chi connectivity index (χ2v) is 5.35. The lowest BCUT2D eigenvalue weighted by atomic mass is 9.76. The first-order valence-corrected chi connectivity index (χ1v) is 6.43. The van der Waals surface area contributed by atoms with Gasteiger partial charge in [-0.25, -0.2) is 0 Å². The Balaban J connectivity index is 1.69. The van der Waals surface area contributed by atoms with Crippen LogP contribution in [-0.2, 0) is 4.84 Å². The number of halogens is 4. The van der Waals surface area contributed by atoms with Crippen molar-refractivity contribution >= 4 is 15.9 Å². The molecule has 0 unspecified atom stereocenters. The van der Waals surface area contributed by atoms with E-state index in [1.807, 2.05) is 24.3 Å². The van der Waals surface area contributed by atoms with Crippen LogP contribution in [0.4, 0.5) is 13.2 Å². The Morgan fingerprint density at radius 2 is 1.83 bits per heavy atom. The highest BCUT2D eigenvalue weighted by atomic mass is 79.9. The molecule has 0 spiro atoms. The van der Waals surface area contributed by atoms with E-state index in [1.54, 1.807) is 0 Å². The van der Waals surface area contributed by atoms with E-state index in [4.69, 9.17) is 0 Å². The minimum absolute atomic E-state index is 0.0148. The van der Waals surface area contributed by atoms with E-state index in [0.29, 0.717) is 5.92 Å². The highest BCUT2D eigenvalue weighted by molar-refractivity contribution is 9.10. The fourth-order valence-electron chi connectivity index (χ4n) is 1.96. The van der Waals surface area contributed by atoms with Gasteiger partial charge in [-0.2, -0.15) is 18.7 Å². The molecule has 0 bridgehead atoms. The van der Waals surface area contributed by atoms with Crippen LogP contribution in [0.15, 0.2) is 28.7 Å². The molecule has 0 heterocycles. The number of alkyl halides is 3. The smallest absolute Gasteiger partial charge is 0.292 e. The minimum Gasteiger partial charge on any atom is -0.292 e. The van der Waals surface area contributed by atoms with E-state index < -0.39 is 12.8 Å². The number of rotatable bonds is 4. The predicted molar refractivity (Wildman–Crippen MR) is 65.0 cm³/mol. The van der Waals surface area contributed by atoms with Gasteiger partial charge in [0, 0.05) is 10.5 Å². The fourth-order valence-corrected chi connectivity index (χ4v) is 2.23. The third-order valence-electron chi connectivity index (χ3n) is 2.97. The van der Waals surface area contributed by atoms with Crippen LogP contribution in [0.2, 0.25) is 0 Å². The van der Waals surface area contributed by atoms with Crippen molar-refractivity contribution in [3.8, 4) is 0 Å². The molecule has 1 N–H and O–H groups in total. The van der Waals surface area contributed by atoms with E-state index in [2.05, 4.69) is 26.2 Å². The zero-order valence-corrected chi connectivity index (χ0v) is 11.1. The summed E-state index contributed by atoms with van der Waals surface area (Å²) < 4.78 is 36.5. The molecule has 0 atom stereocenters. The van der Waals surface area contributed by atoms with Gasteiger partial charge in [0.1, 0.15) is 0 Å². The molecule has 1 aliphatic rings. The van der Waals surface area contributed by atoms with Crippen LogP contribution < -0.4 is 5.48 Å². The lowest BCUT2D eigenvalue weighted by Gasteiger charge is -2.35. The molecule has 0 amide bonds. The third kappa shape index (κ3) is 3.96. The number of hydrogen-bond acceptors (Lipinski definition) is 2. The molecule has 1 fully saturated rings. The van der Waals surface area contributed by atoms with Gasteiger partial charge >= 0.3 is 6.18 Å². The molecule has 1 aliphatic carbocycles. The predicted octanol–water partition coefficient (Wildman–Crippen LogP) is 3.78. The normalized spacial score (nSPS) is 23.8. The topological polar surface area (TPSA) is 21.3 Å². The van der Waals surface area contributed by atoms with Gasteiger partial charge < -0.3 is 0 Å². The summed E-state index contributed by atoms with van der Waals surface area (Å²) in [6, 6.07) is 8.01. The summed E-state index contributed by atoms with van der Waals surface area (Å²) in [5.41, 5.74) is 3.67. The Hall–Kier alpha value is -0.590. The first-order valence-electron chi connectivity index (χ1n) is 5.63. The monoisotopic (exact) mass is 323 g/mol. The van der Waals surface area contributed by atoms with Crippen LogP contribution in [-0.4, -0.2) is 18.8 Å². The molecule has 1 aromatic rings. The lowest BCUT2D eigenvalue weighted by Crippen LogP contribution is -2.41. The van der Waals surface area contributed by atoms with Gasteiger partial charge in [-0.1, -0.05) is 28.1 Å².